The molecule has 0 aromatic heterocycles. The predicted molar refractivity (Wildman–Crippen MR) is 109 cm³/mol. The van der Waals surface area contributed by atoms with Gasteiger partial charge in [-0.3, -0.25) is 0 Å². The highest BCUT2D eigenvalue weighted by molar-refractivity contribution is 5.81. The largest absolute Gasteiger partial charge is 0.459 e. The molecule has 5 heteroatoms. The molecule has 1 N–H and O–H groups in total. The summed E-state index contributed by atoms with van der Waals surface area (Å²) in [5.74, 6) is -0.433. The number of ether oxygens (including phenoxy) is 2. The summed E-state index contributed by atoms with van der Waals surface area (Å²) in [6.45, 7) is 2.48. The Labute approximate surface area is 167 Å². The van der Waals surface area contributed by atoms with Crippen molar-refractivity contribution in [3.63, 3.8) is 0 Å². The second kappa shape index (κ2) is 12.5. The molecule has 0 saturated heterocycles. The van der Waals surface area contributed by atoms with Gasteiger partial charge in [-0.05, 0) is 17.5 Å². The minimum absolute atomic E-state index is 0.161. The van der Waals surface area contributed by atoms with E-state index in [0.717, 1.165) is 36.8 Å². The molecule has 28 heavy (non-hydrogen) atoms. The molecule has 2 rings (SSSR count). The number of rotatable bonds is 11. The van der Waals surface area contributed by atoms with Gasteiger partial charge in [0.2, 0.25) is 0 Å². The van der Waals surface area contributed by atoms with Crippen LogP contribution in [0.15, 0.2) is 60.7 Å². The molecule has 0 aliphatic heterocycles. The quantitative estimate of drug-likeness (QED) is 0.438. The first-order chi connectivity index (χ1) is 13.7. The number of carbonyl (C=O) groups is 2. The molecular weight excluding hydrogens is 354 g/mol. The van der Waals surface area contributed by atoms with Gasteiger partial charge in [0.1, 0.15) is 19.3 Å². The SMILES string of the molecule is CCCCCCC(NC(=O)OCc1ccccc1)C(=O)OCc1ccccc1. The number of amides is 1. The summed E-state index contributed by atoms with van der Waals surface area (Å²) < 4.78 is 10.6. The Bertz CT molecular complexity index is 703. The van der Waals surface area contributed by atoms with Crippen molar-refractivity contribution in [2.24, 2.45) is 0 Å². The summed E-state index contributed by atoms with van der Waals surface area (Å²) in [6.07, 6.45) is 3.99. The van der Waals surface area contributed by atoms with Gasteiger partial charge in [0.05, 0.1) is 0 Å². The average molecular weight is 383 g/mol. The molecule has 0 fully saturated rings. The lowest BCUT2D eigenvalue weighted by atomic mass is 10.1. The zero-order valence-corrected chi connectivity index (χ0v) is 16.4. The minimum atomic E-state index is -0.705. The van der Waals surface area contributed by atoms with Crippen LogP contribution in [0.25, 0.3) is 0 Å². The monoisotopic (exact) mass is 383 g/mol. The molecule has 0 aliphatic rings. The summed E-state index contributed by atoms with van der Waals surface area (Å²) in [5, 5.41) is 2.66. The van der Waals surface area contributed by atoms with Gasteiger partial charge < -0.3 is 14.8 Å². The van der Waals surface area contributed by atoms with Gasteiger partial charge in [-0.15, -0.1) is 0 Å². The van der Waals surface area contributed by atoms with Gasteiger partial charge in [0.25, 0.3) is 0 Å². The Hall–Kier alpha value is -2.82. The predicted octanol–water partition coefficient (Wildman–Crippen LogP) is 5.00. The highest BCUT2D eigenvalue weighted by Gasteiger charge is 2.22. The molecular formula is C23H29NO4. The first-order valence-electron chi connectivity index (χ1n) is 9.87. The topological polar surface area (TPSA) is 64.6 Å². The molecule has 1 amide bonds. The van der Waals surface area contributed by atoms with Crippen LogP contribution in [-0.4, -0.2) is 18.1 Å². The molecule has 0 bridgehead atoms. The third-order valence-electron chi connectivity index (χ3n) is 4.36. The first-order valence-corrected chi connectivity index (χ1v) is 9.87. The second-order valence-electron chi connectivity index (χ2n) is 6.70. The smallest absolute Gasteiger partial charge is 0.408 e. The zero-order valence-electron chi connectivity index (χ0n) is 16.4. The van der Waals surface area contributed by atoms with E-state index in [1.807, 2.05) is 60.7 Å². The number of hydrogen-bond acceptors (Lipinski definition) is 4. The standard InChI is InChI=1S/C23H29NO4/c1-2-3-4-11-16-21(22(25)27-17-19-12-7-5-8-13-19)24-23(26)28-18-20-14-9-6-10-15-20/h5-10,12-15,21H,2-4,11,16-18H2,1H3,(H,24,26). The number of nitrogens with one attached hydrogen (secondary N) is 1. The summed E-state index contributed by atoms with van der Waals surface area (Å²) >= 11 is 0. The molecule has 0 heterocycles. The highest BCUT2D eigenvalue weighted by Crippen LogP contribution is 2.10. The summed E-state index contributed by atoms with van der Waals surface area (Å²) in [5.41, 5.74) is 1.80. The molecule has 0 aliphatic carbocycles. The third-order valence-corrected chi connectivity index (χ3v) is 4.36. The number of alkyl carbamates (subject to hydrolysis) is 1. The Morgan fingerprint density at radius 3 is 1.96 bits per heavy atom. The van der Waals surface area contributed by atoms with Crippen LogP contribution >= 0.6 is 0 Å². The van der Waals surface area contributed by atoms with Crippen LogP contribution in [0.3, 0.4) is 0 Å². The van der Waals surface area contributed by atoms with Crippen molar-refractivity contribution in [2.75, 3.05) is 0 Å². The summed E-state index contributed by atoms with van der Waals surface area (Å²) in [6, 6.07) is 18.2. The molecule has 2 aromatic carbocycles. The Morgan fingerprint density at radius 1 is 0.821 bits per heavy atom. The van der Waals surface area contributed by atoms with Crippen molar-refractivity contribution >= 4 is 12.1 Å². The van der Waals surface area contributed by atoms with Crippen LogP contribution in [0.1, 0.15) is 50.2 Å². The van der Waals surface area contributed by atoms with Crippen molar-refractivity contribution in [3.8, 4) is 0 Å². The zero-order chi connectivity index (χ0) is 20.0. The number of unbranched alkanes of at least 4 members (excludes halogenated alkanes) is 3. The molecule has 0 saturated carbocycles. The maximum Gasteiger partial charge on any atom is 0.408 e. The maximum absolute atomic E-state index is 12.5. The van der Waals surface area contributed by atoms with Crippen LogP contribution in [-0.2, 0) is 27.5 Å². The molecule has 1 unspecified atom stereocenters. The maximum atomic E-state index is 12.5. The van der Waals surface area contributed by atoms with Gasteiger partial charge in [0, 0.05) is 0 Å². The Kier molecular flexibility index (Phi) is 9.62. The van der Waals surface area contributed by atoms with E-state index in [2.05, 4.69) is 12.2 Å². The molecule has 5 nitrogen and oxygen atoms in total. The van der Waals surface area contributed by atoms with Crippen molar-refractivity contribution in [3.05, 3.63) is 71.8 Å². The van der Waals surface area contributed by atoms with Crippen molar-refractivity contribution in [2.45, 2.75) is 58.3 Å². The van der Waals surface area contributed by atoms with E-state index >= 15 is 0 Å². The summed E-state index contributed by atoms with van der Waals surface area (Å²) in [4.78, 5) is 24.7. The minimum Gasteiger partial charge on any atom is -0.459 e. The number of hydrogen-bond donors (Lipinski definition) is 1. The fourth-order valence-corrected chi connectivity index (χ4v) is 2.76. The second-order valence-corrected chi connectivity index (χ2v) is 6.70. The van der Waals surface area contributed by atoms with Crippen LogP contribution < -0.4 is 5.32 Å². The number of esters is 1. The van der Waals surface area contributed by atoms with E-state index in [4.69, 9.17) is 9.47 Å². The third kappa shape index (κ3) is 8.25. The van der Waals surface area contributed by atoms with E-state index in [1.165, 1.54) is 0 Å². The van der Waals surface area contributed by atoms with Gasteiger partial charge in [-0.25, -0.2) is 9.59 Å². The molecule has 0 radical (unpaired) electrons. The van der Waals surface area contributed by atoms with Crippen molar-refractivity contribution in [1.29, 1.82) is 0 Å². The van der Waals surface area contributed by atoms with E-state index < -0.39 is 18.1 Å². The Balaban J connectivity index is 1.85. The van der Waals surface area contributed by atoms with E-state index in [0.29, 0.717) is 6.42 Å². The molecule has 150 valence electrons. The first kappa shape index (κ1) is 21.5. The molecule has 0 spiro atoms. The van der Waals surface area contributed by atoms with Crippen LogP contribution in [0.2, 0.25) is 0 Å². The number of benzene rings is 2. The van der Waals surface area contributed by atoms with Crippen LogP contribution in [0, 0.1) is 0 Å². The summed E-state index contributed by atoms with van der Waals surface area (Å²) in [7, 11) is 0. The van der Waals surface area contributed by atoms with Crippen molar-refractivity contribution < 1.29 is 19.1 Å². The lowest BCUT2D eigenvalue weighted by molar-refractivity contribution is -0.147. The van der Waals surface area contributed by atoms with E-state index in [9.17, 15) is 9.59 Å². The lowest BCUT2D eigenvalue weighted by Crippen LogP contribution is -2.42. The normalized spacial score (nSPS) is 11.5. The average Bonchev–Trinajstić information content (AvgIpc) is 2.74. The van der Waals surface area contributed by atoms with Gasteiger partial charge in [0.15, 0.2) is 0 Å². The van der Waals surface area contributed by atoms with E-state index in [1.54, 1.807) is 0 Å². The number of carbonyl (C=O) groups excluding carboxylic acids is 2. The Morgan fingerprint density at radius 2 is 1.39 bits per heavy atom. The van der Waals surface area contributed by atoms with Crippen LogP contribution in [0.4, 0.5) is 4.79 Å². The van der Waals surface area contributed by atoms with Gasteiger partial charge >= 0.3 is 12.1 Å². The molecule has 2 aromatic rings. The van der Waals surface area contributed by atoms with Crippen molar-refractivity contribution in [1.82, 2.24) is 5.32 Å². The lowest BCUT2D eigenvalue weighted by Gasteiger charge is -2.18. The molecule has 1 atom stereocenters. The van der Waals surface area contributed by atoms with Gasteiger partial charge in [-0.2, -0.15) is 0 Å². The van der Waals surface area contributed by atoms with Gasteiger partial charge in [-0.1, -0.05) is 93.3 Å². The fourth-order valence-electron chi connectivity index (χ4n) is 2.76. The fraction of sp³-hybridized carbons (Fsp3) is 0.391. The van der Waals surface area contributed by atoms with Crippen LogP contribution in [0.5, 0.6) is 0 Å². The highest BCUT2D eigenvalue weighted by atomic mass is 16.6. The van der Waals surface area contributed by atoms with E-state index in [-0.39, 0.29) is 13.2 Å².